The van der Waals surface area contributed by atoms with Gasteiger partial charge < -0.3 is 15.5 Å². The molecule has 0 radical (unpaired) electrons. The largest absolute Gasteiger partial charge is 0.394 e. The molecule has 0 aliphatic carbocycles. The van der Waals surface area contributed by atoms with Crippen LogP contribution < -0.4 is 5.32 Å². The number of benzene rings is 1. The normalized spacial score (nSPS) is 12.4. The fraction of sp³-hybridized carbons (Fsp3) is 0.333. The maximum atomic E-state index is 13.8. The first-order chi connectivity index (χ1) is 9.10. The molecule has 1 aromatic heterocycles. The number of anilines is 1. The zero-order chi connectivity index (χ0) is 13.8. The van der Waals surface area contributed by atoms with Crippen molar-refractivity contribution >= 4 is 5.69 Å². The van der Waals surface area contributed by atoms with Crippen LogP contribution in [0.25, 0.3) is 5.69 Å². The van der Waals surface area contributed by atoms with Crippen LogP contribution in [0.5, 0.6) is 0 Å². The van der Waals surface area contributed by atoms with Gasteiger partial charge in [0.2, 0.25) is 0 Å². The van der Waals surface area contributed by atoms with Crippen molar-refractivity contribution in [2.75, 3.05) is 18.5 Å². The molecule has 0 aliphatic rings. The summed E-state index contributed by atoms with van der Waals surface area (Å²) >= 11 is 0. The lowest BCUT2D eigenvalue weighted by Crippen LogP contribution is -2.23. The standard InChI is InChI=1S/C12H15FN4O2/c1-8-6-17(16-15-8)9-2-3-12(11(13)4-9)14-5-10(19)7-18/h2-4,6,10,14,18-19H,5,7H2,1H3. The molecule has 2 aromatic rings. The van der Waals surface area contributed by atoms with E-state index in [9.17, 15) is 9.50 Å². The number of rotatable bonds is 5. The SMILES string of the molecule is Cc1cn(-c2ccc(NCC(O)CO)c(F)c2)nn1. The number of hydrogen-bond acceptors (Lipinski definition) is 5. The molecule has 3 N–H and O–H groups in total. The van der Waals surface area contributed by atoms with Crippen LogP contribution in [0.1, 0.15) is 5.69 Å². The first kappa shape index (κ1) is 13.4. The van der Waals surface area contributed by atoms with Gasteiger partial charge in [0.25, 0.3) is 0 Å². The summed E-state index contributed by atoms with van der Waals surface area (Å²) in [6, 6.07) is 4.55. The molecule has 0 saturated carbocycles. The Hall–Kier alpha value is -1.99. The third-order valence-corrected chi connectivity index (χ3v) is 2.56. The summed E-state index contributed by atoms with van der Waals surface area (Å²) in [5.74, 6) is -0.462. The lowest BCUT2D eigenvalue weighted by atomic mass is 10.2. The lowest BCUT2D eigenvalue weighted by molar-refractivity contribution is 0.105. The second-order valence-corrected chi connectivity index (χ2v) is 4.19. The number of nitrogens with zero attached hydrogens (tertiary/aromatic N) is 3. The third-order valence-electron chi connectivity index (χ3n) is 2.56. The summed E-state index contributed by atoms with van der Waals surface area (Å²) in [6.07, 6.45) is 0.772. The molecule has 1 aromatic carbocycles. The lowest BCUT2D eigenvalue weighted by Gasteiger charge is -2.11. The van der Waals surface area contributed by atoms with E-state index < -0.39 is 11.9 Å². The monoisotopic (exact) mass is 266 g/mol. The molecular formula is C12H15FN4O2. The van der Waals surface area contributed by atoms with E-state index in [0.29, 0.717) is 5.69 Å². The van der Waals surface area contributed by atoms with Gasteiger partial charge in [-0.25, -0.2) is 9.07 Å². The highest BCUT2D eigenvalue weighted by molar-refractivity contribution is 5.50. The van der Waals surface area contributed by atoms with Gasteiger partial charge in [0.15, 0.2) is 0 Å². The van der Waals surface area contributed by atoms with Crippen molar-refractivity contribution in [2.24, 2.45) is 0 Å². The van der Waals surface area contributed by atoms with Crippen molar-refractivity contribution in [1.29, 1.82) is 0 Å². The maximum absolute atomic E-state index is 13.8. The fourth-order valence-corrected chi connectivity index (χ4v) is 1.56. The van der Waals surface area contributed by atoms with Crippen LogP contribution in [0.2, 0.25) is 0 Å². The molecule has 0 bridgehead atoms. The summed E-state index contributed by atoms with van der Waals surface area (Å²) in [6.45, 7) is 1.51. The number of aryl methyl sites for hydroxylation is 1. The van der Waals surface area contributed by atoms with Gasteiger partial charge in [0.1, 0.15) is 5.82 Å². The molecule has 0 spiro atoms. The summed E-state index contributed by atoms with van der Waals surface area (Å²) in [4.78, 5) is 0. The highest BCUT2D eigenvalue weighted by Crippen LogP contribution is 2.18. The molecule has 0 amide bonds. The topological polar surface area (TPSA) is 83.2 Å². The number of nitrogens with one attached hydrogen (secondary N) is 1. The van der Waals surface area contributed by atoms with Gasteiger partial charge in [-0.05, 0) is 19.1 Å². The molecule has 1 heterocycles. The van der Waals surface area contributed by atoms with Crippen LogP contribution in [-0.2, 0) is 0 Å². The number of aromatic nitrogens is 3. The molecule has 1 atom stereocenters. The van der Waals surface area contributed by atoms with Crippen molar-refractivity contribution in [3.8, 4) is 5.69 Å². The first-order valence-electron chi connectivity index (χ1n) is 5.82. The van der Waals surface area contributed by atoms with Crippen molar-refractivity contribution in [3.63, 3.8) is 0 Å². The van der Waals surface area contributed by atoms with E-state index >= 15 is 0 Å². The third kappa shape index (κ3) is 3.27. The Bertz CT molecular complexity index is 558. The van der Waals surface area contributed by atoms with E-state index in [4.69, 9.17) is 5.11 Å². The van der Waals surface area contributed by atoms with Gasteiger partial charge in [-0.3, -0.25) is 0 Å². The Morgan fingerprint density at radius 2 is 2.26 bits per heavy atom. The molecule has 2 rings (SSSR count). The van der Waals surface area contributed by atoms with E-state index in [0.717, 1.165) is 5.69 Å². The van der Waals surface area contributed by atoms with E-state index in [1.807, 2.05) is 0 Å². The Labute approximate surface area is 109 Å². The minimum Gasteiger partial charge on any atom is -0.394 e. The van der Waals surface area contributed by atoms with Crippen molar-refractivity contribution < 1.29 is 14.6 Å². The quantitative estimate of drug-likeness (QED) is 0.733. The van der Waals surface area contributed by atoms with Crippen molar-refractivity contribution in [1.82, 2.24) is 15.0 Å². The van der Waals surface area contributed by atoms with E-state index in [-0.39, 0.29) is 18.8 Å². The average molecular weight is 266 g/mol. The summed E-state index contributed by atoms with van der Waals surface area (Å²) in [7, 11) is 0. The zero-order valence-electron chi connectivity index (χ0n) is 10.4. The Balaban J connectivity index is 2.13. The second kappa shape index (κ2) is 5.77. The van der Waals surface area contributed by atoms with Crippen LogP contribution in [0.4, 0.5) is 10.1 Å². The maximum Gasteiger partial charge on any atom is 0.148 e. The molecule has 6 nitrogen and oxygen atoms in total. The predicted octanol–water partition coefficient (Wildman–Crippen LogP) is 0.480. The molecule has 7 heteroatoms. The number of aliphatic hydroxyl groups is 2. The average Bonchev–Trinajstić information content (AvgIpc) is 2.83. The minimum absolute atomic E-state index is 0.0786. The van der Waals surface area contributed by atoms with E-state index in [1.165, 1.54) is 10.7 Å². The second-order valence-electron chi connectivity index (χ2n) is 4.19. The zero-order valence-corrected chi connectivity index (χ0v) is 10.4. The smallest absolute Gasteiger partial charge is 0.148 e. The van der Waals surface area contributed by atoms with Gasteiger partial charge >= 0.3 is 0 Å². The van der Waals surface area contributed by atoms with Crippen molar-refractivity contribution in [3.05, 3.63) is 35.9 Å². The van der Waals surface area contributed by atoms with E-state index in [1.54, 1.807) is 25.3 Å². The van der Waals surface area contributed by atoms with Crippen LogP contribution in [0, 0.1) is 12.7 Å². The fourth-order valence-electron chi connectivity index (χ4n) is 1.56. The summed E-state index contributed by atoms with van der Waals surface area (Å²) in [5.41, 5.74) is 1.56. The van der Waals surface area contributed by atoms with Crippen LogP contribution in [0.3, 0.4) is 0 Å². The van der Waals surface area contributed by atoms with Gasteiger partial charge in [0.05, 0.1) is 36.0 Å². The molecule has 1 unspecified atom stereocenters. The Morgan fingerprint density at radius 3 is 2.84 bits per heavy atom. The molecular weight excluding hydrogens is 251 g/mol. The summed E-state index contributed by atoms with van der Waals surface area (Å²) < 4.78 is 15.3. The highest BCUT2D eigenvalue weighted by atomic mass is 19.1. The highest BCUT2D eigenvalue weighted by Gasteiger charge is 2.08. The van der Waals surface area contributed by atoms with Gasteiger partial charge in [0, 0.05) is 12.6 Å². The number of halogens is 1. The Kier molecular flexibility index (Phi) is 4.08. The molecule has 102 valence electrons. The number of aliphatic hydroxyl groups excluding tert-OH is 2. The molecule has 0 saturated heterocycles. The number of hydrogen-bond donors (Lipinski definition) is 3. The van der Waals surface area contributed by atoms with Gasteiger partial charge in [-0.2, -0.15) is 0 Å². The predicted molar refractivity (Wildman–Crippen MR) is 67.6 cm³/mol. The van der Waals surface area contributed by atoms with Gasteiger partial charge in [-0.15, -0.1) is 5.10 Å². The molecule has 0 aliphatic heterocycles. The summed E-state index contributed by atoms with van der Waals surface area (Å²) in [5, 5.41) is 28.3. The van der Waals surface area contributed by atoms with Crippen molar-refractivity contribution in [2.45, 2.75) is 13.0 Å². The minimum atomic E-state index is -0.919. The first-order valence-corrected chi connectivity index (χ1v) is 5.82. The van der Waals surface area contributed by atoms with Crippen LogP contribution in [-0.4, -0.2) is 44.5 Å². The Morgan fingerprint density at radius 1 is 1.47 bits per heavy atom. The molecule has 19 heavy (non-hydrogen) atoms. The van der Waals surface area contributed by atoms with E-state index in [2.05, 4.69) is 15.6 Å². The molecule has 0 fully saturated rings. The van der Waals surface area contributed by atoms with Crippen LogP contribution in [0.15, 0.2) is 24.4 Å². The van der Waals surface area contributed by atoms with Gasteiger partial charge in [-0.1, -0.05) is 5.21 Å². The van der Waals surface area contributed by atoms with Crippen LogP contribution >= 0.6 is 0 Å².